The van der Waals surface area contributed by atoms with Gasteiger partial charge in [-0.25, -0.2) is 4.68 Å². The summed E-state index contributed by atoms with van der Waals surface area (Å²) >= 11 is 0. The van der Waals surface area contributed by atoms with Crippen LogP contribution in [-0.4, -0.2) is 31.3 Å². The zero-order valence-electron chi connectivity index (χ0n) is 12.2. The molecule has 1 fully saturated rings. The van der Waals surface area contributed by atoms with E-state index in [2.05, 4.69) is 22.4 Å². The molecule has 0 saturated heterocycles. The SMILES string of the molecule is CCCC(CC(=O)O)n1nnnc1C1CCCCCC1. The Morgan fingerprint density at radius 1 is 1.35 bits per heavy atom. The first-order valence-corrected chi connectivity index (χ1v) is 7.72. The lowest BCUT2D eigenvalue weighted by Gasteiger charge is -2.19. The number of rotatable bonds is 6. The van der Waals surface area contributed by atoms with Crippen molar-refractivity contribution in [2.45, 2.75) is 76.7 Å². The fraction of sp³-hybridized carbons (Fsp3) is 0.857. The highest BCUT2D eigenvalue weighted by atomic mass is 16.4. The lowest BCUT2D eigenvalue weighted by Crippen LogP contribution is -2.19. The van der Waals surface area contributed by atoms with Crippen molar-refractivity contribution in [1.82, 2.24) is 20.2 Å². The Labute approximate surface area is 119 Å². The van der Waals surface area contributed by atoms with Gasteiger partial charge >= 0.3 is 5.97 Å². The van der Waals surface area contributed by atoms with Gasteiger partial charge in [-0.1, -0.05) is 39.0 Å². The zero-order valence-corrected chi connectivity index (χ0v) is 12.2. The normalized spacial score (nSPS) is 18.6. The van der Waals surface area contributed by atoms with Crippen LogP contribution in [0.1, 0.15) is 82.5 Å². The summed E-state index contributed by atoms with van der Waals surface area (Å²) in [6.45, 7) is 2.06. The van der Waals surface area contributed by atoms with Crippen molar-refractivity contribution in [3.63, 3.8) is 0 Å². The number of tetrazole rings is 1. The number of carbonyl (C=O) groups is 1. The highest BCUT2D eigenvalue weighted by Gasteiger charge is 2.25. The van der Waals surface area contributed by atoms with Crippen molar-refractivity contribution >= 4 is 5.97 Å². The molecule has 1 unspecified atom stereocenters. The van der Waals surface area contributed by atoms with Gasteiger partial charge in [-0.2, -0.15) is 0 Å². The molecular formula is C14H24N4O2. The van der Waals surface area contributed by atoms with Crippen LogP contribution in [0.5, 0.6) is 0 Å². The Balaban J connectivity index is 2.17. The number of aliphatic carboxylic acids is 1. The fourth-order valence-electron chi connectivity index (χ4n) is 3.11. The Bertz CT molecular complexity index is 425. The molecule has 6 heteroatoms. The topological polar surface area (TPSA) is 80.9 Å². The van der Waals surface area contributed by atoms with E-state index in [1.54, 1.807) is 4.68 Å². The van der Waals surface area contributed by atoms with Crippen molar-refractivity contribution in [3.05, 3.63) is 5.82 Å². The minimum atomic E-state index is -0.786. The van der Waals surface area contributed by atoms with E-state index in [0.717, 1.165) is 31.5 Å². The van der Waals surface area contributed by atoms with Gasteiger partial charge in [0, 0.05) is 5.92 Å². The van der Waals surface area contributed by atoms with E-state index >= 15 is 0 Å². The van der Waals surface area contributed by atoms with Crippen LogP contribution in [0.3, 0.4) is 0 Å². The Morgan fingerprint density at radius 2 is 2.05 bits per heavy atom. The fourth-order valence-corrected chi connectivity index (χ4v) is 3.11. The van der Waals surface area contributed by atoms with E-state index in [1.807, 2.05) is 0 Å². The van der Waals surface area contributed by atoms with Crippen molar-refractivity contribution in [2.24, 2.45) is 0 Å². The van der Waals surface area contributed by atoms with Crippen LogP contribution in [0.2, 0.25) is 0 Å². The molecule has 20 heavy (non-hydrogen) atoms. The van der Waals surface area contributed by atoms with E-state index in [0.29, 0.717) is 5.92 Å². The van der Waals surface area contributed by atoms with Gasteiger partial charge in [-0.05, 0) is 29.7 Å². The van der Waals surface area contributed by atoms with Gasteiger partial charge < -0.3 is 5.11 Å². The molecule has 1 heterocycles. The molecular weight excluding hydrogens is 256 g/mol. The van der Waals surface area contributed by atoms with Gasteiger partial charge in [0.2, 0.25) is 0 Å². The van der Waals surface area contributed by atoms with Gasteiger partial charge in [0.15, 0.2) is 5.82 Å². The smallest absolute Gasteiger partial charge is 0.305 e. The van der Waals surface area contributed by atoms with Crippen LogP contribution in [0, 0.1) is 0 Å². The van der Waals surface area contributed by atoms with Crippen molar-refractivity contribution in [3.8, 4) is 0 Å². The summed E-state index contributed by atoms with van der Waals surface area (Å²) in [4.78, 5) is 11.0. The molecule has 1 atom stereocenters. The summed E-state index contributed by atoms with van der Waals surface area (Å²) < 4.78 is 1.79. The molecule has 1 aliphatic rings. The van der Waals surface area contributed by atoms with Gasteiger partial charge in [0.1, 0.15) is 0 Å². The largest absolute Gasteiger partial charge is 0.481 e. The highest BCUT2D eigenvalue weighted by molar-refractivity contribution is 5.67. The molecule has 1 aromatic rings. The van der Waals surface area contributed by atoms with Crippen LogP contribution in [-0.2, 0) is 4.79 Å². The second-order valence-corrected chi connectivity index (χ2v) is 5.71. The predicted molar refractivity (Wildman–Crippen MR) is 74.5 cm³/mol. The third-order valence-electron chi connectivity index (χ3n) is 4.12. The summed E-state index contributed by atoms with van der Waals surface area (Å²) in [5.74, 6) is 0.498. The average Bonchev–Trinajstić information content (AvgIpc) is 2.73. The number of hydrogen-bond donors (Lipinski definition) is 1. The van der Waals surface area contributed by atoms with E-state index < -0.39 is 5.97 Å². The molecule has 1 aliphatic carbocycles. The number of aromatic nitrogens is 4. The number of hydrogen-bond acceptors (Lipinski definition) is 4. The Kier molecular flexibility index (Phi) is 5.49. The number of nitrogens with zero attached hydrogens (tertiary/aromatic N) is 4. The second-order valence-electron chi connectivity index (χ2n) is 5.71. The number of carboxylic acids is 1. The lowest BCUT2D eigenvalue weighted by atomic mass is 9.98. The Hall–Kier alpha value is -1.46. The van der Waals surface area contributed by atoms with E-state index in [4.69, 9.17) is 5.11 Å². The van der Waals surface area contributed by atoms with E-state index in [1.165, 1.54) is 25.7 Å². The summed E-state index contributed by atoms with van der Waals surface area (Å²) in [7, 11) is 0. The predicted octanol–water partition coefficient (Wildman–Crippen LogP) is 2.93. The Morgan fingerprint density at radius 3 is 2.65 bits per heavy atom. The minimum absolute atomic E-state index is 0.0958. The summed E-state index contributed by atoms with van der Waals surface area (Å²) in [6.07, 6.45) is 9.07. The molecule has 6 nitrogen and oxygen atoms in total. The molecule has 112 valence electrons. The summed E-state index contributed by atoms with van der Waals surface area (Å²) in [5.41, 5.74) is 0. The maximum Gasteiger partial charge on any atom is 0.305 e. The summed E-state index contributed by atoms with van der Waals surface area (Å²) in [5, 5.41) is 21.2. The molecule has 0 bridgehead atoms. The first-order valence-electron chi connectivity index (χ1n) is 7.72. The molecule has 2 rings (SSSR count). The van der Waals surface area contributed by atoms with E-state index in [9.17, 15) is 4.79 Å². The summed E-state index contributed by atoms with van der Waals surface area (Å²) in [6, 6.07) is -0.120. The quantitative estimate of drug-likeness (QED) is 0.810. The molecule has 0 amide bonds. The van der Waals surface area contributed by atoms with E-state index in [-0.39, 0.29) is 12.5 Å². The maximum absolute atomic E-state index is 11.0. The molecule has 0 aromatic carbocycles. The minimum Gasteiger partial charge on any atom is -0.481 e. The van der Waals surface area contributed by atoms with Crippen LogP contribution in [0.15, 0.2) is 0 Å². The van der Waals surface area contributed by atoms with Gasteiger partial charge in [-0.15, -0.1) is 5.10 Å². The monoisotopic (exact) mass is 280 g/mol. The van der Waals surface area contributed by atoms with Crippen LogP contribution in [0.4, 0.5) is 0 Å². The van der Waals surface area contributed by atoms with Crippen LogP contribution < -0.4 is 0 Å². The van der Waals surface area contributed by atoms with Crippen LogP contribution in [0.25, 0.3) is 0 Å². The first kappa shape index (κ1) is 14.9. The molecule has 1 aromatic heterocycles. The van der Waals surface area contributed by atoms with Gasteiger partial charge in [-0.3, -0.25) is 4.79 Å². The third kappa shape index (κ3) is 3.77. The lowest BCUT2D eigenvalue weighted by molar-refractivity contribution is -0.138. The molecule has 0 spiro atoms. The maximum atomic E-state index is 11.0. The first-order chi connectivity index (χ1) is 9.72. The van der Waals surface area contributed by atoms with Crippen molar-refractivity contribution in [2.75, 3.05) is 0 Å². The number of carboxylic acid groups (broad SMARTS) is 1. The van der Waals surface area contributed by atoms with Crippen molar-refractivity contribution < 1.29 is 9.90 Å². The molecule has 1 saturated carbocycles. The highest BCUT2D eigenvalue weighted by Crippen LogP contribution is 2.32. The standard InChI is InChI=1S/C14H24N4O2/c1-2-7-12(10-13(19)20)18-14(15-16-17-18)11-8-5-3-4-6-9-11/h11-12H,2-10H2,1H3,(H,19,20). The van der Waals surface area contributed by atoms with Crippen LogP contribution >= 0.6 is 0 Å². The second kappa shape index (κ2) is 7.36. The zero-order chi connectivity index (χ0) is 14.4. The van der Waals surface area contributed by atoms with Gasteiger partial charge in [0.25, 0.3) is 0 Å². The molecule has 0 aliphatic heterocycles. The van der Waals surface area contributed by atoms with Crippen molar-refractivity contribution in [1.29, 1.82) is 0 Å². The third-order valence-corrected chi connectivity index (χ3v) is 4.12. The molecule has 1 N–H and O–H groups in total. The molecule has 0 radical (unpaired) electrons. The van der Waals surface area contributed by atoms with Gasteiger partial charge in [0.05, 0.1) is 12.5 Å². The average molecular weight is 280 g/mol.